The predicted octanol–water partition coefficient (Wildman–Crippen LogP) is 4.52. The summed E-state index contributed by atoms with van der Waals surface area (Å²) < 4.78 is 25.9. The lowest BCUT2D eigenvalue weighted by molar-refractivity contribution is 0.355. The van der Waals surface area contributed by atoms with Crippen LogP contribution in [-0.4, -0.2) is 33.8 Å². The normalized spacial score (nSPS) is 11.1. The summed E-state index contributed by atoms with van der Waals surface area (Å²) in [6.07, 6.45) is 0. The van der Waals surface area contributed by atoms with Crippen molar-refractivity contribution in [3.63, 3.8) is 0 Å². The number of hydrogen-bond donors (Lipinski definition) is 1. The second-order valence-electron chi connectivity index (χ2n) is 6.42. The van der Waals surface area contributed by atoms with Gasteiger partial charge in [-0.15, -0.1) is 0 Å². The molecule has 0 atom stereocenters. The summed E-state index contributed by atoms with van der Waals surface area (Å²) in [4.78, 5) is 21.0. The zero-order chi connectivity index (χ0) is 21.6. The molecule has 0 unspecified atom stereocenters. The van der Waals surface area contributed by atoms with Crippen molar-refractivity contribution in [2.75, 3.05) is 14.2 Å². The summed E-state index contributed by atoms with van der Waals surface area (Å²) in [5, 5.41) is 2.59. The van der Waals surface area contributed by atoms with Crippen molar-refractivity contribution in [3.05, 3.63) is 62.5 Å². The largest absolute Gasteiger partial charge is 0.493 e. The van der Waals surface area contributed by atoms with Gasteiger partial charge in [0.15, 0.2) is 28.1 Å². The van der Waals surface area contributed by atoms with E-state index >= 15 is 0 Å². The summed E-state index contributed by atoms with van der Waals surface area (Å²) in [5.41, 5.74) is 2.41. The summed E-state index contributed by atoms with van der Waals surface area (Å²) in [6.45, 7) is 1.82. The molecule has 10 heteroatoms. The molecule has 30 heavy (non-hydrogen) atoms. The standard InChI is InChI=1S/C20H15Cl2FN4O3/c1-9-17(10-4-5-14(29-2)15(6-10)30-3)20-24-13(8-16(28)27(20)26-9)11-7-12(23)19(22)25-18(11)21/h4-8,26H,1-3H3. The molecule has 3 aromatic heterocycles. The molecule has 0 saturated carbocycles. The number of fused-ring (bicyclic) bond motifs is 1. The van der Waals surface area contributed by atoms with Gasteiger partial charge in [0, 0.05) is 22.9 Å². The van der Waals surface area contributed by atoms with Gasteiger partial charge in [0.25, 0.3) is 5.56 Å². The number of nitrogens with zero attached hydrogens (tertiary/aromatic N) is 3. The van der Waals surface area contributed by atoms with Crippen LogP contribution >= 0.6 is 23.2 Å². The summed E-state index contributed by atoms with van der Waals surface area (Å²) in [7, 11) is 3.08. The van der Waals surface area contributed by atoms with Gasteiger partial charge in [-0.1, -0.05) is 29.3 Å². The maximum atomic E-state index is 14.0. The highest BCUT2D eigenvalue weighted by Gasteiger charge is 2.19. The van der Waals surface area contributed by atoms with E-state index in [0.717, 1.165) is 11.6 Å². The van der Waals surface area contributed by atoms with Crippen molar-refractivity contribution < 1.29 is 13.9 Å². The lowest BCUT2D eigenvalue weighted by Crippen LogP contribution is -2.14. The number of aromatic amines is 1. The predicted molar refractivity (Wildman–Crippen MR) is 112 cm³/mol. The third-order valence-electron chi connectivity index (χ3n) is 4.63. The quantitative estimate of drug-likeness (QED) is 0.464. The Kier molecular flexibility index (Phi) is 5.13. The highest BCUT2D eigenvalue weighted by molar-refractivity contribution is 6.34. The monoisotopic (exact) mass is 448 g/mol. The van der Waals surface area contributed by atoms with E-state index in [-0.39, 0.29) is 21.6 Å². The highest BCUT2D eigenvalue weighted by atomic mass is 35.5. The summed E-state index contributed by atoms with van der Waals surface area (Å²) >= 11 is 11.8. The maximum Gasteiger partial charge on any atom is 0.273 e. The lowest BCUT2D eigenvalue weighted by Gasteiger charge is -2.10. The van der Waals surface area contributed by atoms with Crippen LogP contribution in [0, 0.1) is 12.7 Å². The van der Waals surface area contributed by atoms with Crippen LogP contribution in [0.25, 0.3) is 28.0 Å². The minimum atomic E-state index is -0.761. The Bertz CT molecular complexity index is 1350. The van der Waals surface area contributed by atoms with Gasteiger partial charge in [0.2, 0.25) is 0 Å². The van der Waals surface area contributed by atoms with E-state index in [1.165, 1.54) is 17.7 Å². The van der Waals surface area contributed by atoms with Gasteiger partial charge in [-0.2, -0.15) is 0 Å². The van der Waals surface area contributed by atoms with Crippen molar-refractivity contribution >= 4 is 28.8 Å². The Labute approximate surface area is 180 Å². The molecular weight excluding hydrogens is 434 g/mol. The number of halogens is 3. The van der Waals surface area contributed by atoms with Crippen LogP contribution in [-0.2, 0) is 0 Å². The number of benzene rings is 1. The fourth-order valence-corrected chi connectivity index (χ4v) is 3.67. The van der Waals surface area contributed by atoms with E-state index in [0.29, 0.717) is 28.4 Å². The fourth-order valence-electron chi connectivity index (χ4n) is 3.25. The van der Waals surface area contributed by atoms with Crippen molar-refractivity contribution in [1.82, 2.24) is 19.6 Å². The van der Waals surface area contributed by atoms with E-state index in [1.54, 1.807) is 19.2 Å². The van der Waals surface area contributed by atoms with E-state index in [9.17, 15) is 9.18 Å². The van der Waals surface area contributed by atoms with Crippen LogP contribution < -0.4 is 15.0 Å². The maximum absolute atomic E-state index is 14.0. The number of aromatic nitrogens is 4. The van der Waals surface area contributed by atoms with Gasteiger partial charge in [-0.05, 0) is 30.7 Å². The van der Waals surface area contributed by atoms with Crippen LogP contribution in [0.5, 0.6) is 11.5 Å². The molecular formula is C20H15Cl2FN4O3. The average molecular weight is 449 g/mol. The average Bonchev–Trinajstić information content (AvgIpc) is 3.06. The Morgan fingerprint density at radius 1 is 1.03 bits per heavy atom. The molecule has 1 N–H and O–H groups in total. The second kappa shape index (κ2) is 7.62. The number of aryl methyl sites for hydroxylation is 1. The van der Waals surface area contributed by atoms with Gasteiger partial charge >= 0.3 is 0 Å². The highest BCUT2D eigenvalue weighted by Crippen LogP contribution is 2.36. The van der Waals surface area contributed by atoms with E-state index in [2.05, 4.69) is 15.1 Å². The molecule has 0 spiro atoms. The van der Waals surface area contributed by atoms with Gasteiger partial charge in [-0.25, -0.2) is 18.9 Å². The molecule has 3 heterocycles. The minimum absolute atomic E-state index is 0.0578. The topological polar surface area (TPSA) is 81.5 Å². The molecule has 0 aliphatic carbocycles. The SMILES string of the molecule is COc1ccc(-c2c(C)[nH]n3c(=O)cc(-c4cc(F)c(Cl)nc4Cl)nc23)cc1OC. The molecule has 0 radical (unpaired) electrons. The first-order chi connectivity index (χ1) is 14.3. The third kappa shape index (κ3) is 3.28. The van der Waals surface area contributed by atoms with E-state index < -0.39 is 11.4 Å². The first kappa shape index (κ1) is 20.2. The van der Waals surface area contributed by atoms with Crippen molar-refractivity contribution in [2.24, 2.45) is 0 Å². The Morgan fingerprint density at radius 2 is 1.77 bits per heavy atom. The first-order valence-electron chi connectivity index (χ1n) is 8.70. The number of methoxy groups -OCH3 is 2. The minimum Gasteiger partial charge on any atom is -0.493 e. The van der Waals surface area contributed by atoms with E-state index in [4.69, 9.17) is 32.7 Å². The van der Waals surface area contributed by atoms with Gasteiger partial charge in [-0.3, -0.25) is 9.89 Å². The fraction of sp³-hybridized carbons (Fsp3) is 0.150. The zero-order valence-electron chi connectivity index (χ0n) is 16.1. The molecule has 0 bridgehead atoms. The number of pyridine rings is 1. The Hall–Kier alpha value is -3.10. The number of rotatable bonds is 4. The molecule has 154 valence electrons. The molecule has 7 nitrogen and oxygen atoms in total. The third-order valence-corrected chi connectivity index (χ3v) is 5.18. The van der Waals surface area contributed by atoms with Gasteiger partial charge < -0.3 is 9.47 Å². The zero-order valence-corrected chi connectivity index (χ0v) is 17.6. The van der Waals surface area contributed by atoms with Gasteiger partial charge in [0.05, 0.1) is 19.9 Å². The Morgan fingerprint density at radius 3 is 2.47 bits per heavy atom. The molecule has 1 aromatic carbocycles. The number of ether oxygens (including phenoxy) is 2. The molecule has 0 amide bonds. The van der Waals surface area contributed by atoms with Crippen LogP contribution in [0.4, 0.5) is 4.39 Å². The smallest absolute Gasteiger partial charge is 0.273 e. The molecule has 0 aliphatic heterocycles. The van der Waals surface area contributed by atoms with Crippen molar-refractivity contribution in [3.8, 4) is 33.9 Å². The lowest BCUT2D eigenvalue weighted by atomic mass is 10.1. The van der Waals surface area contributed by atoms with Crippen LogP contribution in [0.3, 0.4) is 0 Å². The van der Waals surface area contributed by atoms with Crippen molar-refractivity contribution in [2.45, 2.75) is 6.92 Å². The number of H-pyrrole nitrogens is 1. The molecule has 4 rings (SSSR count). The van der Waals surface area contributed by atoms with Crippen LogP contribution in [0.1, 0.15) is 5.69 Å². The Balaban J connectivity index is 1.99. The summed E-state index contributed by atoms with van der Waals surface area (Å²) in [6, 6.07) is 7.72. The first-order valence-corrected chi connectivity index (χ1v) is 9.46. The van der Waals surface area contributed by atoms with Crippen LogP contribution in [0.2, 0.25) is 10.3 Å². The molecule has 0 fully saturated rings. The number of nitrogens with one attached hydrogen (secondary N) is 1. The summed E-state index contributed by atoms with van der Waals surface area (Å²) in [5.74, 6) is 0.335. The van der Waals surface area contributed by atoms with E-state index in [1.807, 2.05) is 13.0 Å². The van der Waals surface area contributed by atoms with Crippen LogP contribution in [0.15, 0.2) is 35.1 Å². The molecule has 4 aromatic rings. The molecule has 0 saturated heterocycles. The van der Waals surface area contributed by atoms with Crippen molar-refractivity contribution in [1.29, 1.82) is 0 Å². The second-order valence-corrected chi connectivity index (χ2v) is 7.14. The molecule has 0 aliphatic rings. The number of hydrogen-bond acceptors (Lipinski definition) is 5. The van der Waals surface area contributed by atoms with Gasteiger partial charge in [0.1, 0.15) is 5.15 Å².